The van der Waals surface area contributed by atoms with Gasteiger partial charge in [0.2, 0.25) is 11.8 Å². The predicted molar refractivity (Wildman–Crippen MR) is 97.0 cm³/mol. The van der Waals surface area contributed by atoms with Crippen molar-refractivity contribution in [2.75, 3.05) is 45.2 Å². The number of nitrogens with zero attached hydrogens (tertiary/aromatic N) is 2. The molecule has 136 valence electrons. The third kappa shape index (κ3) is 4.44. The number of hydrogen-bond donors (Lipinski definition) is 1. The monoisotopic (exact) mass is 365 g/mol. The summed E-state index contributed by atoms with van der Waals surface area (Å²) < 4.78 is 5.24. The first-order valence-electron chi connectivity index (χ1n) is 8.71. The number of piperazine rings is 1. The molecular weight excluding hydrogens is 342 g/mol. The van der Waals surface area contributed by atoms with E-state index in [-0.39, 0.29) is 11.8 Å². The highest BCUT2D eigenvalue weighted by atomic mass is 35.5. The average molecular weight is 366 g/mol. The molecule has 7 heteroatoms. The van der Waals surface area contributed by atoms with Gasteiger partial charge < -0.3 is 15.0 Å². The molecule has 6 nitrogen and oxygen atoms in total. The zero-order chi connectivity index (χ0) is 17.8. The van der Waals surface area contributed by atoms with E-state index in [0.29, 0.717) is 42.0 Å². The average Bonchev–Trinajstić information content (AvgIpc) is 2.54. The van der Waals surface area contributed by atoms with Crippen LogP contribution in [0, 0.1) is 5.92 Å². The lowest BCUT2D eigenvalue weighted by atomic mass is 9.84. The zero-order valence-corrected chi connectivity index (χ0v) is 15.2. The SMILES string of the molecule is COc1ccc(Cl)cc1NC(=O)CN1CCN(C(=O)C2CCC2)CC1. The van der Waals surface area contributed by atoms with E-state index in [1.807, 2.05) is 4.90 Å². The van der Waals surface area contributed by atoms with E-state index in [0.717, 1.165) is 25.9 Å². The second-order valence-electron chi connectivity index (χ2n) is 6.62. The molecule has 1 aromatic rings. The standard InChI is InChI=1S/C18H24ClN3O3/c1-25-16-6-5-14(19)11-15(16)20-17(23)12-21-7-9-22(10-8-21)18(24)13-3-2-4-13/h5-6,11,13H,2-4,7-10,12H2,1H3,(H,20,23). The minimum atomic E-state index is -0.112. The molecular formula is C18H24ClN3O3. The van der Waals surface area contributed by atoms with Crippen molar-refractivity contribution in [3.05, 3.63) is 23.2 Å². The Hall–Kier alpha value is -1.79. The first-order chi connectivity index (χ1) is 12.1. The summed E-state index contributed by atoms with van der Waals surface area (Å²) in [6.45, 7) is 3.13. The minimum Gasteiger partial charge on any atom is -0.495 e. The van der Waals surface area contributed by atoms with Crippen LogP contribution in [-0.4, -0.2) is 61.4 Å². The number of halogens is 1. The van der Waals surface area contributed by atoms with Gasteiger partial charge in [0.1, 0.15) is 5.75 Å². The highest BCUT2D eigenvalue weighted by Gasteiger charge is 2.31. The van der Waals surface area contributed by atoms with Crippen LogP contribution in [-0.2, 0) is 9.59 Å². The van der Waals surface area contributed by atoms with Gasteiger partial charge in [-0.3, -0.25) is 14.5 Å². The first-order valence-corrected chi connectivity index (χ1v) is 9.09. The topological polar surface area (TPSA) is 61.9 Å². The zero-order valence-electron chi connectivity index (χ0n) is 14.5. The Labute approximate surface area is 153 Å². The molecule has 0 aromatic heterocycles. The third-order valence-corrected chi connectivity index (χ3v) is 5.18. The van der Waals surface area contributed by atoms with Crippen molar-refractivity contribution >= 4 is 29.1 Å². The molecule has 1 N–H and O–H groups in total. The van der Waals surface area contributed by atoms with Crippen LogP contribution >= 0.6 is 11.6 Å². The van der Waals surface area contributed by atoms with Crippen molar-refractivity contribution in [1.29, 1.82) is 0 Å². The Morgan fingerprint density at radius 3 is 2.56 bits per heavy atom. The van der Waals surface area contributed by atoms with Gasteiger partial charge in [0.15, 0.2) is 0 Å². The van der Waals surface area contributed by atoms with E-state index in [2.05, 4.69) is 10.2 Å². The molecule has 2 fully saturated rings. The lowest BCUT2D eigenvalue weighted by molar-refractivity contribution is -0.140. The highest BCUT2D eigenvalue weighted by molar-refractivity contribution is 6.31. The lowest BCUT2D eigenvalue weighted by Gasteiger charge is -2.38. The highest BCUT2D eigenvalue weighted by Crippen LogP contribution is 2.29. The van der Waals surface area contributed by atoms with E-state index in [1.165, 1.54) is 6.42 Å². The number of methoxy groups -OCH3 is 1. The largest absolute Gasteiger partial charge is 0.495 e. The van der Waals surface area contributed by atoms with Crippen molar-refractivity contribution in [2.24, 2.45) is 5.92 Å². The summed E-state index contributed by atoms with van der Waals surface area (Å²) in [5.74, 6) is 0.997. The lowest BCUT2D eigenvalue weighted by Crippen LogP contribution is -2.52. The van der Waals surface area contributed by atoms with Gasteiger partial charge in [-0.05, 0) is 31.0 Å². The number of anilines is 1. The van der Waals surface area contributed by atoms with Crippen LogP contribution in [0.4, 0.5) is 5.69 Å². The Bertz CT molecular complexity index is 640. The Kier molecular flexibility index (Phi) is 5.81. The predicted octanol–water partition coefficient (Wildman–Crippen LogP) is 2.23. The van der Waals surface area contributed by atoms with Crippen LogP contribution in [0.1, 0.15) is 19.3 Å². The summed E-state index contributed by atoms with van der Waals surface area (Å²) in [5, 5.41) is 3.39. The second-order valence-corrected chi connectivity index (χ2v) is 7.06. The molecule has 1 aromatic carbocycles. The molecule has 0 atom stereocenters. The van der Waals surface area contributed by atoms with Crippen LogP contribution < -0.4 is 10.1 Å². The summed E-state index contributed by atoms with van der Waals surface area (Å²) in [5.41, 5.74) is 0.568. The molecule has 3 rings (SSSR count). The molecule has 1 aliphatic carbocycles. The maximum Gasteiger partial charge on any atom is 0.238 e. The van der Waals surface area contributed by atoms with Gasteiger partial charge in [-0.2, -0.15) is 0 Å². The summed E-state index contributed by atoms with van der Waals surface area (Å²) in [4.78, 5) is 28.6. The van der Waals surface area contributed by atoms with Crippen LogP contribution in [0.2, 0.25) is 5.02 Å². The molecule has 2 aliphatic rings. The molecule has 0 spiro atoms. The van der Waals surface area contributed by atoms with Gasteiger partial charge in [0.25, 0.3) is 0 Å². The summed E-state index contributed by atoms with van der Waals surface area (Å²) >= 11 is 5.98. The number of hydrogen-bond acceptors (Lipinski definition) is 4. The van der Waals surface area contributed by atoms with Crippen molar-refractivity contribution in [1.82, 2.24) is 9.80 Å². The van der Waals surface area contributed by atoms with Crippen molar-refractivity contribution in [3.63, 3.8) is 0 Å². The number of benzene rings is 1. The van der Waals surface area contributed by atoms with Gasteiger partial charge in [0, 0.05) is 37.1 Å². The second kappa shape index (κ2) is 8.06. The van der Waals surface area contributed by atoms with E-state index in [9.17, 15) is 9.59 Å². The maximum atomic E-state index is 12.3. The number of carbonyl (C=O) groups is 2. The van der Waals surface area contributed by atoms with E-state index < -0.39 is 0 Å². The first kappa shape index (κ1) is 18.0. The molecule has 1 aliphatic heterocycles. The van der Waals surface area contributed by atoms with Crippen LogP contribution in [0.25, 0.3) is 0 Å². The van der Waals surface area contributed by atoms with Gasteiger partial charge in [-0.25, -0.2) is 0 Å². The van der Waals surface area contributed by atoms with Gasteiger partial charge >= 0.3 is 0 Å². The summed E-state index contributed by atoms with van der Waals surface area (Å²) in [6.07, 6.45) is 3.23. The van der Waals surface area contributed by atoms with Crippen LogP contribution in [0.3, 0.4) is 0 Å². The van der Waals surface area contributed by atoms with Crippen molar-refractivity contribution in [3.8, 4) is 5.75 Å². The number of rotatable bonds is 5. The minimum absolute atomic E-state index is 0.112. The fraction of sp³-hybridized carbons (Fsp3) is 0.556. The molecule has 1 saturated carbocycles. The van der Waals surface area contributed by atoms with Crippen LogP contribution in [0.5, 0.6) is 5.75 Å². The van der Waals surface area contributed by atoms with Crippen molar-refractivity contribution < 1.29 is 14.3 Å². The molecule has 0 bridgehead atoms. The van der Waals surface area contributed by atoms with E-state index >= 15 is 0 Å². The fourth-order valence-electron chi connectivity index (χ4n) is 3.21. The number of carbonyl (C=O) groups excluding carboxylic acids is 2. The number of ether oxygens (including phenoxy) is 1. The van der Waals surface area contributed by atoms with Gasteiger partial charge in [-0.15, -0.1) is 0 Å². The fourth-order valence-corrected chi connectivity index (χ4v) is 3.38. The Morgan fingerprint density at radius 2 is 1.96 bits per heavy atom. The quantitative estimate of drug-likeness (QED) is 0.869. The number of nitrogens with one attached hydrogen (secondary N) is 1. The maximum absolute atomic E-state index is 12.3. The number of amides is 2. The smallest absolute Gasteiger partial charge is 0.238 e. The van der Waals surface area contributed by atoms with E-state index in [4.69, 9.17) is 16.3 Å². The Morgan fingerprint density at radius 1 is 1.24 bits per heavy atom. The Balaban J connectivity index is 1.48. The molecule has 25 heavy (non-hydrogen) atoms. The van der Waals surface area contributed by atoms with E-state index in [1.54, 1.807) is 25.3 Å². The molecule has 1 saturated heterocycles. The van der Waals surface area contributed by atoms with Crippen molar-refractivity contribution in [2.45, 2.75) is 19.3 Å². The molecule has 1 heterocycles. The van der Waals surface area contributed by atoms with Crippen LogP contribution in [0.15, 0.2) is 18.2 Å². The normalized spacial score (nSPS) is 18.6. The van der Waals surface area contributed by atoms with Gasteiger partial charge in [0.05, 0.1) is 19.3 Å². The third-order valence-electron chi connectivity index (χ3n) is 4.94. The van der Waals surface area contributed by atoms with Gasteiger partial charge in [-0.1, -0.05) is 18.0 Å². The summed E-state index contributed by atoms with van der Waals surface area (Å²) in [6, 6.07) is 5.12. The molecule has 0 radical (unpaired) electrons. The summed E-state index contributed by atoms with van der Waals surface area (Å²) in [7, 11) is 1.55. The molecule has 0 unspecified atom stereocenters. The molecule has 2 amide bonds.